The number of fused-ring (bicyclic) bond motifs is 1. The second-order valence-corrected chi connectivity index (χ2v) is 8.42. The molecule has 0 bridgehead atoms. The molecule has 1 saturated carbocycles. The van der Waals surface area contributed by atoms with E-state index >= 15 is 0 Å². The summed E-state index contributed by atoms with van der Waals surface area (Å²) in [5, 5.41) is 12.7. The minimum absolute atomic E-state index is 0.103. The Bertz CT molecular complexity index is 755. The van der Waals surface area contributed by atoms with Crippen molar-refractivity contribution in [1.82, 2.24) is 10.2 Å². The van der Waals surface area contributed by atoms with Crippen molar-refractivity contribution < 1.29 is 19.4 Å². The largest absolute Gasteiger partial charge is 0.497 e. The number of aliphatic carboxylic acids is 1. The molecule has 7 nitrogen and oxygen atoms in total. The van der Waals surface area contributed by atoms with E-state index < -0.39 is 11.4 Å². The van der Waals surface area contributed by atoms with Crippen molar-refractivity contribution in [2.45, 2.75) is 25.7 Å². The zero-order valence-corrected chi connectivity index (χ0v) is 16.4. The van der Waals surface area contributed by atoms with Crippen LogP contribution in [-0.2, 0) is 4.79 Å². The van der Waals surface area contributed by atoms with Gasteiger partial charge in [0.1, 0.15) is 5.75 Å². The number of carbonyl (C=O) groups is 2. The summed E-state index contributed by atoms with van der Waals surface area (Å²) in [6, 6.07) is 7.93. The number of carboxylic acids is 1. The van der Waals surface area contributed by atoms with Crippen molar-refractivity contribution in [3.63, 3.8) is 0 Å². The fourth-order valence-electron chi connectivity index (χ4n) is 5.18. The molecule has 0 radical (unpaired) electrons. The number of methoxy groups -OCH3 is 1. The molecule has 3 fully saturated rings. The highest BCUT2D eigenvalue weighted by Gasteiger charge is 2.55. The van der Waals surface area contributed by atoms with E-state index in [4.69, 9.17) is 4.74 Å². The van der Waals surface area contributed by atoms with Gasteiger partial charge in [-0.15, -0.1) is 0 Å². The van der Waals surface area contributed by atoms with Gasteiger partial charge in [0.2, 0.25) is 0 Å². The summed E-state index contributed by atoms with van der Waals surface area (Å²) in [5.41, 5.74) is 0.428. The minimum Gasteiger partial charge on any atom is -0.497 e. The second-order valence-electron chi connectivity index (χ2n) is 8.42. The van der Waals surface area contributed by atoms with Gasteiger partial charge in [-0.3, -0.25) is 4.79 Å². The summed E-state index contributed by atoms with van der Waals surface area (Å²) in [6.45, 7) is 3.40. The van der Waals surface area contributed by atoms with Gasteiger partial charge in [0.25, 0.3) is 0 Å². The van der Waals surface area contributed by atoms with Crippen LogP contribution in [0.4, 0.5) is 10.5 Å². The first kappa shape index (κ1) is 18.9. The number of carboxylic acid groups (broad SMARTS) is 1. The van der Waals surface area contributed by atoms with Crippen molar-refractivity contribution in [2.24, 2.45) is 17.3 Å². The van der Waals surface area contributed by atoms with Gasteiger partial charge in [0.05, 0.1) is 12.5 Å². The van der Waals surface area contributed by atoms with Gasteiger partial charge in [-0.05, 0) is 43.2 Å². The van der Waals surface area contributed by atoms with Gasteiger partial charge >= 0.3 is 12.0 Å². The van der Waals surface area contributed by atoms with Crippen LogP contribution in [0.3, 0.4) is 0 Å². The van der Waals surface area contributed by atoms with Crippen LogP contribution < -0.4 is 15.0 Å². The molecule has 3 aliphatic rings. The molecule has 2 heterocycles. The van der Waals surface area contributed by atoms with Crippen molar-refractivity contribution in [2.75, 3.05) is 44.7 Å². The first-order chi connectivity index (χ1) is 13.5. The molecular weight excluding hydrogens is 358 g/mol. The molecule has 0 spiro atoms. The van der Waals surface area contributed by atoms with Crippen LogP contribution >= 0.6 is 0 Å². The van der Waals surface area contributed by atoms with E-state index in [1.54, 1.807) is 12.0 Å². The molecule has 7 heteroatoms. The van der Waals surface area contributed by atoms with Crippen LogP contribution in [0.2, 0.25) is 0 Å². The third kappa shape index (κ3) is 3.38. The van der Waals surface area contributed by atoms with E-state index in [2.05, 4.69) is 16.3 Å². The molecule has 28 heavy (non-hydrogen) atoms. The van der Waals surface area contributed by atoms with Crippen LogP contribution in [0.25, 0.3) is 0 Å². The number of likely N-dealkylation sites (tertiary alicyclic amines) is 1. The fraction of sp³-hybridized carbons (Fsp3) is 0.619. The van der Waals surface area contributed by atoms with E-state index in [1.807, 2.05) is 18.2 Å². The number of amides is 2. The van der Waals surface area contributed by atoms with Crippen molar-refractivity contribution in [3.8, 4) is 5.75 Å². The number of rotatable bonds is 5. The van der Waals surface area contributed by atoms with E-state index in [9.17, 15) is 14.7 Å². The fourth-order valence-corrected chi connectivity index (χ4v) is 5.18. The Labute approximate surface area is 165 Å². The number of ether oxygens (including phenoxy) is 1. The summed E-state index contributed by atoms with van der Waals surface area (Å²) in [5.74, 6) is 0.604. The predicted octanol–water partition coefficient (Wildman–Crippen LogP) is 2.42. The SMILES string of the molecule is COc1cccc(N2CCC(CNC(=O)N3C[C@@H]4CCC[C@@]4(C(=O)O)C3)C2)c1. The molecule has 2 amide bonds. The van der Waals surface area contributed by atoms with Gasteiger partial charge in [-0.25, -0.2) is 4.79 Å². The zero-order chi connectivity index (χ0) is 19.7. The number of urea groups is 1. The lowest BCUT2D eigenvalue weighted by atomic mass is 9.81. The molecule has 0 aromatic heterocycles. The van der Waals surface area contributed by atoms with Crippen LogP contribution in [-0.4, -0.2) is 61.8 Å². The Kier molecular flexibility index (Phi) is 5.08. The van der Waals surface area contributed by atoms with Crippen LogP contribution in [0.1, 0.15) is 25.7 Å². The van der Waals surface area contributed by atoms with Gasteiger partial charge in [-0.2, -0.15) is 0 Å². The summed E-state index contributed by atoms with van der Waals surface area (Å²) >= 11 is 0. The molecule has 4 rings (SSSR count). The van der Waals surface area contributed by atoms with Gasteiger partial charge in [-0.1, -0.05) is 12.5 Å². The molecule has 2 aliphatic heterocycles. The topological polar surface area (TPSA) is 82.1 Å². The maximum Gasteiger partial charge on any atom is 0.317 e. The van der Waals surface area contributed by atoms with Gasteiger partial charge in [0.15, 0.2) is 0 Å². The lowest BCUT2D eigenvalue weighted by Gasteiger charge is -2.24. The molecule has 2 saturated heterocycles. The number of nitrogens with one attached hydrogen (secondary N) is 1. The summed E-state index contributed by atoms with van der Waals surface area (Å²) in [7, 11) is 1.67. The zero-order valence-electron chi connectivity index (χ0n) is 16.4. The predicted molar refractivity (Wildman–Crippen MR) is 106 cm³/mol. The molecule has 1 unspecified atom stereocenters. The summed E-state index contributed by atoms with van der Waals surface area (Å²) < 4.78 is 5.30. The number of benzene rings is 1. The number of hydrogen-bond acceptors (Lipinski definition) is 4. The van der Waals surface area contributed by atoms with Crippen LogP contribution in [0.5, 0.6) is 5.75 Å². The maximum atomic E-state index is 12.6. The average molecular weight is 387 g/mol. The molecule has 1 aromatic rings. The highest BCUT2D eigenvalue weighted by atomic mass is 16.5. The van der Waals surface area contributed by atoms with Crippen LogP contribution in [0.15, 0.2) is 24.3 Å². The summed E-state index contributed by atoms with van der Waals surface area (Å²) in [6.07, 6.45) is 3.58. The standard InChI is InChI=1S/C21H29N3O4/c1-28-18-6-2-5-17(10-18)23-9-7-15(12-23)11-22-20(27)24-13-16-4-3-8-21(16,14-24)19(25)26/h2,5-6,10,15-16H,3-4,7-9,11-14H2,1H3,(H,22,27)(H,25,26)/t15?,16-,21+/m0/s1. The molecule has 152 valence electrons. The molecule has 1 aromatic carbocycles. The van der Waals surface area contributed by atoms with E-state index in [0.29, 0.717) is 32.0 Å². The van der Waals surface area contributed by atoms with Crippen molar-refractivity contribution >= 4 is 17.7 Å². The second kappa shape index (κ2) is 7.53. The quantitative estimate of drug-likeness (QED) is 0.811. The Morgan fingerprint density at radius 2 is 2.18 bits per heavy atom. The van der Waals surface area contributed by atoms with Crippen molar-refractivity contribution in [1.29, 1.82) is 0 Å². The number of anilines is 1. The third-order valence-electron chi connectivity index (χ3n) is 6.83. The van der Waals surface area contributed by atoms with Crippen molar-refractivity contribution in [3.05, 3.63) is 24.3 Å². The monoisotopic (exact) mass is 387 g/mol. The Morgan fingerprint density at radius 3 is 2.93 bits per heavy atom. The van der Waals surface area contributed by atoms with E-state index in [1.165, 1.54) is 0 Å². The lowest BCUT2D eigenvalue weighted by Crippen LogP contribution is -2.43. The summed E-state index contributed by atoms with van der Waals surface area (Å²) in [4.78, 5) is 28.4. The van der Waals surface area contributed by atoms with E-state index in [0.717, 1.165) is 43.8 Å². The van der Waals surface area contributed by atoms with Gasteiger partial charge < -0.3 is 25.0 Å². The maximum absolute atomic E-state index is 12.6. The molecule has 2 N–H and O–H groups in total. The molecule has 1 aliphatic carbocycles. The lowest BCUT2D eigenvalue weighted by molar-refractivity contribution is -0.149. The normalized spacial score (nSPS) is 29.0. The third-order valence-corrected chi connectivity index (χ3v) is 6.83. The first-order valence-electron chi connectivity index (χ1n) is 10.2. The molecule has 3 atom stereocenters. The number of nitrogens with zero attached hydrogens (tertiary/aromatic N) is 2. The minimum atomic E-state index is -0.741. The molecular formula is C21H29N3O4. The van der Waals surface area contributed by atoms with Crippen LogP contribution in [0, 0.1) is 17.3 Å². The highest BCUT2D eigenvalue weighted by Crippen LogP contribution is 2.48. The van der Waals surface area contributed by atoms with E-state index in [-0.39, 0.29) is 11.9 Å². The first-order valence-corrected chi connectivity index (χ1v) is 10.2. The smallest absolute Gasteiger partial charge is 0.317 e. The van der Waals surface area contributed by atoms with Gasteiger partial charge in [0, 0.05) is 44.5 Å². The Balaban J connectivity index is 1.28. The number of hydrogen-bond donors (Lipinski definition) is 2. The Hall–Kier alpha value is -2.44. The average Bonchev–Trinajstić information content (AvgIpc) is 3.40. The number of carbonyl (C=O) groups excluding carboxylic acids is 1. The highest BCUT2D eigenvalue weighted by molar-refractivity contribution is 5.80. The Morgan fingerprint density at radius 1 is 1.32 bits per heavy atom.